The Labute approximate surface area is 186 Å². The smallest absolute Gasteiger partial charge is 0.281 e. The number of carbonyl (C=O) groups excluding carboxylic acids is 1. The second-order valence-corrected chi connectivity index (χ2v) is 7.50. The van der Waals surface area contributed by atoms with Crippen molar-refractivity contribution in [2.75, 3.05) is 4.90 Å². The van der Waals surface area contributed by atoms with Crippen molar-refractivity contribution in [3.05, 3.63) is 87.7 Å². The standard InChI is InChI=1S/C21H13Cl2FN2O3S/c22-12-1-8-19(17(23)9-12)28-11-16-7-6-15(29-16)10-18-20(27)26(21(30)25-18)14-4-2-13(24)3-5-14/h1-10H,11H2,(H,25,30)/b18-10+. The molecule has 4 rings (SSSR count). The predicted octanol–water partition coefficient (Wildman–Crippen LogP) is 5.57. The summed E-state index contributed by atoms with van der Waals surface area (Å²) in [7, 11) is 0. The number of furan rings is 1. The molecule has 1 amide bonds. The van der Waals surface area contributed by atoms with Gasteiger partial charge in [0.15, 0.2) is 5.11 Å². The molecule has 0 radical (unpaired) electrons. The lowest BCUT2D eigenvalue weighted by atomic mass is 10.2. The van der Waals surface area contributed by atoms with Gasteiger partial charge in [-0.3, -0.25) is 9.69 Å². The van der Waals surface area contributed by atoms with Gasteiger partial charge in [0.05, 0.1) is 10.7 Å². The summed E-state index contributed by atoms with van der Waals surface area (Å²) in [5.41, 5.74) is 0.711. The lowest BCUT2D eigenvalue weighted by Gasteiger charge is -2.13. The molecule has 1 N–H and O–H groups in total. The monoisotopic (exact) mass is 462 g/mol. The highest BCUT2D eigenvalue weighted by molar-refractivity contribution is 7.80. The van der Waals surface area contributed by atoms with E-state index in [1.165, 1.54) is 35.2 Å². The topological polar surface area (TPSA) is 54.7 Å². The van der Waals surface area contributed by atoms with Crippen molar-refractivity contribution < 1.29 is 18.3 Å². The molecule has 1 aliphatic rings. The fraction of sp³-hybridized carbons (Fsp3) is 0.0476. The van der Waals surface area contributed by atoms with Crippen LogP contribution < -0.4 is 15.0 Å². The van der Waals surface area contributed by atoms with Crippen molar-refractivity contribution in [3.63, 3.8) is 0 Å². The van der Waals surface area contributed by atoms with E-state index in [0.717, 1.165) is 0 Å². The van der Waals surface area contributed by atoms with Gasteiger partial charge in [-0.15, -0.1) is 0 Å². The first kappa shape index (κ1) is 20.4. The summed E-state index contributed by atoms with van der Waals surface area (Å²) in [5, 5.41) is 3.96. The Morgan fingerprint density at radius 3 is 2.63 bits per heavy atom. The van der Waals surface area contributed by atoms with E-state index in [4.69, 9.17) is 44.6 Å². The van der Waals surface area contributed by atoms with Gasteiger partial charge < -0.3 is 14.5 Å². The summed E-state index contributed by atoms with van der Waals surface area (Å²) in [6.45, 7) is 0.145. The molecule has 0 spiro atoms. The number of anilines is 1. The third-order valence-electron chi connectivity index (χ3n) is 4.20. The summed E-state index contributed by atoms with van der Waals surface area (Å²) >= 11 is 17.2. The number of carbonyl (C=O) groups is 1. The van der Waals surface area contributed by atoms with Crippen LogP contribution in [0, 0.1) is 5.82 Å². The summed E-state index contributed by atoms with van der Waals surface area (Å²) in [5.74, 6) is 0.691. The van der Waals surface area contributed by atoms with Gasteiger partial charge in [-0.05, 0) is 66.8 Å². The highest BCUT2D eigenvalue weighted by Crippen LogP contribution is 2.28. The van der Waals surface area contributed by atoms with E-state index in [2.05, 4.69) is 5.32 Å². The number of benzene rings is 2. The van der Waals surface area contributed by atoms with E-state index in [1.54, 1.807) is 30.3 Å². The molecule has 5 nitrogen and oxygen atoms in total. The second-order valence-electron chi connectivity index (χ2n) is 6.27. The van der Waals surface area contributed by atoms with Crippen LogP contribution in [0.15, 0.2) is 64.7 Å². The highest BCUT2D eigenvalue weighted by atomic mass is 35.5. The Morgan fingerprint density at radius 2 is 1.90 bits per heavy atom. The molecule has 3 aromatic rings. The fourth-order valence-corrected chi connectivity index (χ4v) is 3.55. The van der Waals surface area contributed by atoms with E-state index in [1.807, 2.05) is 0 Å². The maximum Gasteiger partial charge on any atom is 0.281 e. The third kappa shape index (κ3) is 4.33. The van der Waals surface area contributed by atoms with Gasteiger partial charge in [0.25, 0.3) is 5.91 Å². The van der Waals surface area contributed by atoms with E-state index in [0.29, 0.717) is 33.0 Å². The van der Waals surface area contributed by atoms with Crippen molar-refractivity contribution in [2.45, 2.75) is 6.61 Å². The number of hydrogen-bond acceptors (Lipinski definition) is 4. The molecule has 0 unspecified atom stereocenters. The Morgan fingerprint density at radius 1 is 1.13 bits per heavy atom. The molecule has 152 valence electrons. The minimum Gasteiger partial charge on any atom is -0.484 e. The van der Waals surface area contributed by atoms with Crippen LogP contribution in [0.2, 0.25) is 10.0 Å². The largest absolute Gasteiger partial charge is 0.484 e. The zero-order chi connectivity index (χ0) is 21.3. The minimum atomic E-state index is -0.398. The van der Waals surface area contributed by atoms with Crippen molar-refractivity contribution in [1.82, 2.24) is 5.32 Å². The number of amides is 1. The lowest BCUT2D eigenvalue weighted by Crippen LogP contribution is -2.30. The number of ether oxygens (including phenoxy) is 1. The zero-order valence-electron chi connectivity index (χ0n) is 15.2. The van der Waals surface area contributed by atoms with E-state index >= 15 is 0 Å². The van der Waals surface area contributed by atoms with Crippen molar-refractivity contribution in [3.8, 4) is 5.75 Å². The third-order valence-corrected chi connectivity index (χ3v) is 5.01. The molecular weight excluding hydrogens is 450 g/mol. The number of rotatable bonds is 5. The molecule has 9 heteroatoms. The molecule has 1 aliphatic heterocycles. The summed E-state index contributed by atoms with van der Waals surface area (Å²) in [4.78, 5) is 14.0. The molecule has 0 aliphatic carbocycles. The van der Waals surface area contributed by atoms with Crippen LogP contribution in [0.4, 0.5) is 10.1 Å². The average molecular weight is 463 g/mol. The van der Waals surface area contributed by atoms with Gasteiger partial charge in [-0.25, -0.2) is 4.39 Å². The Balaban J connectivity index is 1.46. The van der Waals surface area contributed by atoms with Gasteiger partial charge in [-0.2, -0.15) is 0 Å². The maximum atomic E-state index is 13.1. The van der Waals surface area contributed by atoms with E-state index < -0.39 is 5.82 Å². The van der Waals surface area contributed by atoms with Crippen molar-refractivity contribution in [2.24, 2.45) is 0 Å². The first-order valence-corrected chi connectivity index (χ1v) is 9.86. The SMILES string of the molecule is O=C1/C(=C\c2ccc(COc3ccc(Cl)cc3Cl)o2)NC(=S)N1c1ccc(F)cc1. The van der Waals surface area contributed by atoms with E-state index in [-0.39, 0.29) is 23.3 Å². The van der Waals surface area contributed by atoms with Gasteiger partial charge in [0, 0.05) is 11.1 Å². The molecule has 2 heterocycles. The van der Waals surface area contributed by atoms with Gasteiger partial charge in [-0.1, -0.05) is 23.2 Å². The molecule has 30 heavy (non-hydrogen) atoms. The molecule has 0 bridgehead atoms. The Hall–Kier alpha value is -2.87. The molecular formula is C21H13Cl2FN2O3S. The van der Waals surface area contributed by atoms with Crippen LogP contribution in [0.5, 0.6) is 5.75 Å². The number of nitrogens with one attached hydrogen (secondary N) is 1. The Bertz CT molecular complexity index is 1160. The average Bonchev–Trinajstić information content (AvgIpc) is 3.26. The lowest BCUT2D eigenvalue weighted by molar-refractivity contribution is -0.113. The van der Waals surface area contributed by atoms with Crippen LogP contribution in [-0.2, 0) is 11.4 Å². The van der Waals surface area contributed by atoms with Crippen LogP contribution in [0.1, 0.15) is 11.5 Å². The number of nitrogens with zero attached hydrogens (tertiary/aromatic N) is 1. The van der Waals surface area contributed by atoms with E-state index in [9.17, 15) is 9.18 Å². The molecule has 1 saturated heterocycles. The van der Waals surface area contributed by atoms with Crippen molar-refractivity contribution in [1.29, 1.82) is 0 Å². The van der Waals surface area contributed by atoms with Crippen LogP contribution in [0.25, 0.3) is 6.08 Å². The quantitative estimate of drug-likeness (QED) is 0.396. The fourth-order valence-electron chi connectivity index (χ4n) is 2.79. The van der Waals surface area contributed by atoms with Gasteiger partial charge in [0.1, 0.15) is 35.4 Å². The second kappa shape index (κ2) is 8.47. The summed E-state index contributed by atoms with van der Waals surface area (Å²) in [6.07, 6.45) is 1.54. The molecule has 1 fully saturated rings. The number of halogens is 3. The molecule has 0 saturated carbocycles. The summed E-state index contributed by atoms with van der Waals surface area (Å²) in [6, 6.07) is 13.8. The van der Waals surface area contributed by atoms with Gasteiger partial charge >= 0.3 is 0 Å². The summed E-state index contributed by atoms with van der Waals surface area (Å²) < 4.78 is 24.5. The van der Waals surface area contributed by atoms with Crippen molar-refractivity contribution >= 4 is 58.2 Å². The first-order valence-electron chi connectivity index (χ1n) is 8.70. The molecule has 1 aromatic heterocycles. The maximum absolute atomic E-state index is 13.1. The van der Waals surface area contributed by atoms with Crippen LogP contribution >= 0.6 is 35.4 Å². The van der Waals surface area contributed by atoms with Gasteiger partial charge in [0.2, 0.25) is 0 Å². The zero-order valence-corrected chi connectivity index (χ0v) is 17.5. The molecule has 0 atom stereocenters. The molecule has 2 aromatic carbocycles. The normalized spacial score (nSPS) is 15.0. The first-order chi connectivity index (χ1) is 14.4. The van der Waals surface area contributed by atoms with Crippen LogP contribution in [0.3, 0.4) is 0 Å². The number of hydrogen-bond donors (Lipinski definition) is 1. The highest BCUT2D eigenvalue weighted by Gasteiger charge is 2.32. The number of thiocarbonyl (C=S) groups is 1. The predicted molar refractivity (Wildman–Crippen MR) is 117 cm³/mol. The Kier molecular flexibility index (Phi) is 5.76. The van der Waals surface area contributed by atoms with Crippen LogP contribution in [-0.4, -0.2) is 11.0 Å². The minimum absolute atomic E-state index is 0.145.